The third-order valence-electron chi connectivity index (χ3n) is 7.33. The van der Waals surface area contributed by atoms with E-state index in [9.17, 15) is 4.39 Å². The molecule has 1 aliphatic heterocycles. The lowest BCUT2D eigenvalue weighted by Gasteiger charge is -2.26. The Labute approximate surface area is 218 Å². The fraction of sp³-hybridized carbons (Fsp3) is 0.200. The number of likely N-dealkylation sites (tertiary alicyclic amines) is 1. The average molecular weight is 504 g/mol. The molecule has 8 heteroatoms. The monoisotopic (exact) mass is 503 g/mol. The first-order chi connectivity index (χ1) is 18.7. The number of benzene rings is 1. The second kappa shape index (κ2) is 9.46. The Hall–Kier alpha value is -4.43. The van der Waals surface area contributed by atoms with Crippen LogP contribution in [0.3, 0.4) is 0 Å². The van der Waals surface area contributed by atoms with Crippen LogP contribution in [0.4, 0.5) is 4.39 Å². The van der Waals surface area contributed by atoms with Crippen molar-refractivity contribution in [2.45, 2.75) is 25.8 Å². The van der Waals surface area contributed by atoms with Crippen molar-refractivity contribution < 1.29 is 4.39 Å². The van der Waals surface area contributed by atoms with Gasteiger partial charge in [-0.15, -0.1) is 0 Å². The molecule has 1 aliphatic rings. The van der Waals surface area contributed by atoms with Crippen molar-refractivity contribution in [2.75, 3.05) is 13.1 Å². The molecular weight excluding hydrogens is 477 g/mol. The molecule has 0 atom stereocenters. The van der Waals surface area contributed by atoms with E-state index >= 15 is 0 Å². The summed E-state index contributed by atoms with van der Waals surface area (Å²) in [6.07, 6.45) is 11.3. The number of pyridine rings is 3. The number of piperidine rings is 1. The zero-order valence-corrected chi connectivity index (χ0v) is 20.8. The van der Waals surface area contributed by atoms with Gasteiger partial charge in [-0.2, -0.15) is 5.10 Å². The summed E-state index contributed by atoms with van der Waals surface area (Å²) in [6.45, 7) is 3.21. The maximum atomic E-state index is 13.5. The Morgan fingerprint density at radius 2 is 1.71 bits per heavy atom. The zero-order valence-electron chi connectivity index (χ0n) is 20.8. The smallest absolute Gasteiger partial charge is 0.138 e. The number of fused-ring (bicyclic) bond motifs is 2. The van der Waals surface area contributed by atoms with Crippen LogP contribution < -0.4 is 0 Å². The molecule has 0 amide bonds. The first-order valence-corrected chi connectivity index (χ1v) is 13.0. The van der Waals surface area contributed by atoms with Crippen molar-refractivity contribution in [1.29, 1.82) is 0 Å². The van der Waals surface area contributed by atoms with Crippen LogP contribution in [0.5, 0.6) is 0 Å². The van der Waals surface area contributed by atoms with E-state index in [2.05, 4.69) is 48.2 Å². The van der Waals surface area contributed by atoms with Gasteiger partial charge in [0.2, 0.25) is 0 Å². The number of H-pyrrole nitrogens is 2. The molecule has 6 aromatic rings. The van der Waals surface area contributed by atoms with E-state index in [4.69, 9.17) is 4.98 Å². The first kappa shape index (κ1) is 22.7. The van der Waals surface area contributed by atoms with E-state index in [-0.39, 0.29) is 5.82 Å². The molecule has 5 aromatic heterocycles. The highest BCUT2D eigenvalue weighted by Gasteiger charge is 2.16. The molecule has 38 heavy (non-hydrogen) atoms. The van der Waals surface area contributed by atoms with Gasteiger partial charge < -0.3 is 4.98 Å². The zero-order chi connectivity index (χ0) is 25.5. The summed E-state index contributed by atoms with van der Waals surface area (Å²) < 4.78 is 13.5. The Morgan fingerprint density at radius 3 is 2.58 bits per heavy atom. The summed E-state index contributed by atoms with van der Waals surface area (Å²) >= 11 is 0. The fourth-order valence-electron chi connectivity index (χ4n) is 5.41. The lowest BCUT2D eigenvalue weighted by atomic mass is 10.0. The molecule has 1 fully saturated rings. The van der Waals surface area contributed by atoms with Crippen LogP contribution in [-0.4, -0.2) is 48.1 Å². The second-order valence-corrected chi connectivity index (χ2v) is 9.92. The molecule has 2 N–H and O–H groups in total. The van der Waals surface area contributed by atoms with Gasteiger partial charge in [-0.25, -0.2) is 9.37 Å². The number of aromatic nitrogens is 6. The van der Waals surface area contributed by atoms with Gasteiger partial charge in [-0.3, -0.25) is 20.0 Å². The highest BCUT2D eigenvalue weighted by molar-refractivity contribution is 6.00. The van der Waals surface area contributed by atoms with Gasteiger partial charge >= 0.3 is 0 Å². The number of hydrogen-bond acceptors (Lipinski definition) is 5. The predicted octanol–water partition coefficient (Wildman–Crippen LogP) is 6.36. The number of rotatable bonds is 5. The Bertz CT molecular complexity index is 1750. The first-order valence-electron chi connectivity index (χ1n) is 13.0. The summed E-state index contributed by atoms with van der Waals surface area (Å²) in [4.78, 5) is 19.7. The summed E-state index contributed by atoms with van der Waals surface area (Å²) in [5.41, 5.74) is 8.21. The van der Waals surface area contributed by atoms with Gasteiger partial charge in [0.1, 0.15) is 17.2 Å². The predicted molar refractivity (Wildman–Crippen MR) is 147 cm³/mol. The normalized spacial score (nSPS) is 14.4. The number of hydrogen-bond donors (Lipinski definition) is 2. The van der Waals surface area contributed by atoms with Crippen molar-refractivity contribution in [2.24, 2.45) is 0 Å². The van der Waals surface area contributed by atoms with Gasteiger partial charge in [0.15, 0.2) is 0 Å². The fourth-order valence-corrected chi connectivity index (χ4v) is 5.41. The van der Waals surface area contributed by atoms with Crippen LogP contribution in [0.2, 0.25) is 0 Å². The lowest BCUT2D eigenvalue weighted by molar-refractivity contribution is 0.220. The highest BCUT2D eigenvalue weighted by Crippen LogP contribution is 2.34. The number of aromatic amines is 2. The SMILES string of the molecule is Fc1ccc(-c2ccnc3[nH]c(-c4n[nH]c5cnc(-c6cncc(CN7CCCCC7)c6)cc45)cc23)cc1. The van der Waals surface area contributed by atoms with Gasteiger partial charge in [0.05, 0.1) is 23.1 Å². The van der Waals surface area contributed by atoms with Crippen molar-refractivity contribution in [3.8, 4) is 33.8 Å². The third kappa shape index (κ3) is 4.22. The quantitative estimate of drug-likeness (QED) is 0.286. The van der Waals surface area contributed by atoms with E-state index in [1.54, 1.807) is 18.3 Å². The minimum atomic E-state index is -0.256. The Balaban J connectivity index is 1.25. The van der Waals surface area contributed by atoms with Crippen LogP contribution in [0.25, 0.3) is 55.7 Å². The van der Waals surface area contributed by atoms with Crippen molar-refractivity contribution >= 4 is 21.9 Å². The van der Waals surface area contributed by atoms with E-state index in [0.717, 1.165) is 75.3 Å². The van der Waals surface area contributed by atoms with Crippen LogP contribution in [0.1, 0.15) is 24.8 Å². The summed E-state index contributed by atoms with van der Waals surface area (Å²) in [5.74, 6) is -0.256. The molecule has 6 heterocycles. The number of nitrogens with zero attached hydrogens (tertiary/aromatic N) is 5. The van der Waals surface area contributed by atoms with E-state index in [0.29, 0.717) is 0 Å². The number of nitrogens with one attached hydrogen (secondary N) is 2. The molecule has 1 aromatic carbocycles. The molecule has 0 aliphatic carbocycles. The van der Waals surface area contributed by atoms with Crippen molar-refractivity contribution in [3.05, 3.63) is 84.7 Å². The largest absolute Gasteiger partial charge is 0.338 e. The maximum Gasteiger partial charge on any atom is 0.138 e. The highest BCUT2D eigenvalue weighted by atomic mass is 19.1. The van der Waals surface area contributed by atoms with Crippen molar-refractivity contribution in [3.63, 3.8) is 0 Å². The molecular formula is C30H26FN7. The minimum absolute atomic E-state index is 0.256. The second-order valence-electron chi connectivity index (χ2n) is 9.92. The molecule has 1 saturated heterocycles. The third-order valence-corrected chi connectivity index (χ3v) is 7.33. The Morgan fingerprint density at radius 1 is 0.842 bits per heavy atom. The van der Waals surface area contributed by atoms with E-state index in [1.807, 2.05) is 24.7 Å². The van der Waals surface area contributed by atoms with Gasteiger partial charge in [-0.1, -0.05) is 18.6 Å². The molecule has 0 radical (unpaired) electrons. The molecule has 7 nitrogen and oxygen atoms in total. The molecule has 7 rings (SSSR count). The topological polar surface area (TPSA) is 86.4 Å². The summed E-state index contributed by atoms with van der Waals surface area (Å²) in [5, 5.41) is 9.64. The molecule has 0 bridgehead atoms. The molecule has 188 valence electrons. The van der Waals surface area contributed by atoms with Crippen LogP contribution in [0, 0.1) is 5.82 Å². The van der Waals surface area contributed by atoms with E-state index in [1.165, 1.54) is 37.0 Å². The van der Waals surface area contributed by atoms with Crippen LogP contribution >= 0.6 is 0 Å². The van der Waals surface area contributed by atoms with Gasteiger partial charge in [-0.05, 0) is 79.0 Å². The molecule has 0 saturated carbocycles. The van der Waals surface area contributed by atoms with Gasteiger partial charge in [0.25, 0.3) is 0 Å². The summed E-state index contributed by atoms with van der Waals surface area (Å²) in [6, 6.07) is 14.8. The van der Waals surface area contributed by atoms with Crippen LogP contribution in [-0.2, 0) is 6.54 Å². The average Bonchev–Trinajstić information content (AvgIpc) is 3.58. The standard InChI is InChI=1S/C30H26FN7/c31-22-6-4-20(5-7-22)23-8-9-33-30-24(23)13-27(35-30)29-25-14-26(34-17-28(25)36-37-29)21-12-19(15-32-16-21)18-38-10-2-1-3-11-38/h4-9,12-17H,1-3,10-11,18H2,(H,33,35)(H,36,37). The molecule has 0 unspecified atom stereocenters. The van der Waals surface area contributed by atoms with Crippen LogP contribution in [0.15, 0.2) is 73.3 Å². The van der Waals surface area contributed by atoms with E-state index < -0.39 is 0 Å². The van der Waals surface area contributed by atoms with Gasteiger partial charge in [0, 0.05) is 41.5 Å². The lowest BCUT2D eigenvalue weighted by Crippen LogP contribution is -2.29. The summed E-state index contributed by atoms with van der Waals surface area (Å²) in [7, 11) is 0. The molecule has 0 spiro atoms. The number of halogens is 1. The maximum absolute atomic E-state index is 13.5. The van der Waals surface area contributed by atoms with Crippen molar-refractivity contribution in [1.82, 2.24) is 35.0 Å². The minimum Gasteiger partial charge on any atom is -0.338 e. The Kier molecular flexibility index (Phi) is 5.66.